The highest BCUT2D eigenvalue weighted by Gasteiger charge is 2.28. The molecule has 0 radical (unpaired) electrons. The fraction of sp³-hybridized carbons (Fsp3) is 0.250. The molecule has 0 unspecified atom stereocenters. The van der Waals surface area contributed by atoms with E-state index >= 15 is 0 Å². The van der Waals surface area contributed by atoms with Crippen molar-refractivity contribution >= 4 is 29.7 Å². The molecule has 2 aromatic carbocycles. The number of carbonyl (C=O) groups excluding carboxylic acids is 2. The number of aromatic nitrogens is 1. The maximum absolute atomic E-state index is 12.2. The Hall–Kier alpha value is -3.79. The molecule has 0 aliphatic heterocycles. The molecule has 3 aromatic rings. The summed E-state index contributed by atoms with van der Waals surface area (Å²) in [5.74, 6) is -0.449. The lowest BCUT2D eigenvalue weighted by atomic mass is 9.98. The molecule has 3 N–H and O–H groups in total. The van der Waals surface area contributed by atoms with Gasteiger partial charge >= 0.3 is 12.1 Å². The molecule has 1 aromatic heterocycles. The van der Waals surface area contributed by atoms with Gasteiger partial charge in [-0.25, -0.2) is 9.59 Å². The summed E-state index contributed by atoms with van der Waals surface area (Å²) >= 11 is 1.35. The number of benzene rings is 2. The number of nitrogens with one attached hydrogen (secondary N) is 2. The van der Waals surface area contributed by atoms with Gasteiger partial charge in [-0.2, -0.15) is 11.8 Å². The molecule has 1 aliphatic carbocycles. The third-order valence-corrected chi connectivity index (χ3v) is 6.29. The zero-order valence-electron chi connectivity index (χ0n) is 18.2. The van der Waals surface area contributed by atoms with E-state index in [1.807, 2.05) is 24.3 Å². The Morgan fingerprint density at radius 3 is 2.35 bits per heavy atom. The Labute approximate surface area is 199 Å². The van der Waals surface area contributed by atoms with E-state index in [2.05, 4.69) is 40.1 Å². The predicted octanol–water partition coefficient (Wildman–Crippen LogP) is 3.26. The van der Waals surface area contributed by atoms with Crippen LogP contribution in [0.3, 0.4) is 0 Å². The average Bonchev–Trinajstić information content (AvgIpc) is 3.44. The van der Waals surface area contributed by atoms with Gasteiger partial charge in [-0.3, -0.25) is 4.79 Å². The molecule has 0 atom stereocenters. The van der Waals surface area contributed by atoms with E-state index in [0.29, 0.717) is 12.3 Å². The van der Waals surface area contributed by atoms with E-state index in [4.69, 9.17) is 14.4 Å². The molecule has 0 bridgehead atoms. The van der Waals surface area contributed by atoms with Gasteiger partial charge in [-0.15, -0.1) is 0 Å². The maximum Gasteiger partial charge on any atom is 0.407 e. The molecule has 0 saturated carbocycles. The maximum atomic E-state index is 12.2. The molecule has 0 fully saturated rings. The highest BCUT2D eigenvalue weighted by atomic mass is 32.2. The minimum absolute atomic E-state index is 0.00663. The minimum Gasteiger partial charge on any atom is -0.476 e. The van der Waals surface area contributed by atoms with Crippen LogP contribution >= 0.6 is 11.8 Å². The second-order valence-electron chi connectivity index (χ2n) is 7.57. The third kappa shape index (κ3) is 5.57. The van der Waals surface area contributed by atoms with Crippen molar-refractivity contribution in [1.82, 2.24) is 15.8 Å². The average molecular weight is 482 g/mol. The fourth-order valence-corrected chi connectivity index (χ4v) is 4.45. The molecular formula is C24H23N3O6S. The van der Waals surface area contributed by atoms with Gasteiger partial charge in [0.25, 0.3) is 0 Å². The minimum atomic E-state index is -1.19. The number of alkyl carbamates (subject to hydrolysis) is 1. The standard InChI is InChI=1S/C24H23N3O6S/c28-22(26-12-15-11-21(23(29)30)27-33-15)14-34-10-9-25-24(31)32-13-20-18-7-3-1-5-16(18)17-6-2-4-8-19(17)20/h1-8,11,20H,9-10,12-14H2,(H,25,31)(H,26,28)(H,29,30). The first-order valence-electron chi connectivity index (χ1n) is 10.6. The highest BCUT2D eigenvalue weighted by Crippen LogP contribution is 2.44. The van der Waals surface area contributed by atoms with E-state index in [-0.39, 0.29) is 42.2 Å². The first kappa shape index (κ1) is 23.4. The molecule has 34 heavy (non-hydrogen) atoms. The molecule has 10 heteroatoms. The molecule has 4 rings (SSSR count). The van der Waals surface area contributed by atoms with Crippen molar-refractivity contribution in [1.29, 1.82) is 0 Å². The predicted molar refractivity (Wildman–Crippen MR) is 126 cm³/mol. The first-order chi connectivity index (χ1) is 16.5. The van der Waals surface area contributed by atoms with E-state index in [1.165, 1.54) is 29.0 Å². The molecule has 1 heterocycles. The van der Waals surface area contributed by atoms with Crippen molar-refractivity contribution in [2.75, 3.05) is 24.7 Å². The van der Waals surface area contributed by atoms with E-state index < -0.39 is 12.1 Å². The van der Waals surface area contributed by atoms with E-state index in [0.717, 1.165) is 11.1 Å². The van der Waals surface area contributed by atoms with Crippen molar-refractivity contribution in [3.8, 4) is 11.1 Å². The summed E-state index contributed by atoms with van der Waals surface area (Å²) in [6.07, 6.45) is -0.494. The van der Waals surface area contributed by atoms with Crippen LogP contribution in [0.4, 0.5) is 4.79 Å². The Morgan fingerprint density at radius 1 is 1.03 bits per heavy atom. The highest BCUT2D eigenvalue weighted by molar-refractivity contribution is 7.99. The smallest absolute Gasteiger partial charge is 0.407 e. The zero-order chi connectivity index (χ0) is 23.9. The number of amides is 2. The number of hydrogen-bond acceptors (Lipinski definition) is 7. The number of ether oxygens (including phenoxy) is 1. The lowest BCUT2D eigenvalue weighted by Gasteiger charge is -2.14. The number of aromatic carboxylic acids is 1. The number of carboxylic acids is 1. The lowest BCUT2D eigenvalue weighted by molar-refractivity contribution is -0.118. The molecule has 176 valence electrons. The number of thioether (sulfide) groups is 1. The quantitative estimate of drug-likeness (QED) is 0.376. The number of fused-ring (bicyclic) bond motifs is 3. The number of carbonyl (C=O) groups is 3. The van der Waals surface area contributed by atoms with Crippen LogP contribution < -0.4 is 10.6 Å². The van der Waals surface area contributed by atoms with Gasteiger partial charge in [-0.1, -0.05) is 53.7 Å². The summed E-state index contributed by atoms with van der Waals surface area (Å²) in [7, 11) is 0. The largest absolute Gasteiger partial charge is 0.476 e. The molecule has 2 amide bonds. The Kier molecular flexibility index (Phi) is 7.48. The Bertz CT molecular complexity index is 1150. The number of hydrogen-bond donors (Lipinski definition) is 3. The van der Waals surface area contributed by atoms with Crippen molar-refractivity contribution in [3.05, 3.63) is 77.2 Å². The SMILES string of the molecule is O=C(CSCCNC(=O)OCC1c2ccccc2-c2ccccc21)NCc1cc(C(=O)O)no1. The summed E-state index contributed by atoms with van der Waals surface area (Å²) < 4.78 is 10.3. The number of carboxylic acid groups (broad SMARTS) is 1. The molecule has 0 spiro atoms. The van der Waals surface area contributed by atoms with Crippen molar-refractivity contribution in [3.63, 3.8) is 0 Å². The van der Waals surface area contributed by atoms with Gasteiger partial charge in [0, 0.05) is 24.3 Å². The van der Waals surface area contributed by atoms with Crippen LogP contribution in [0.25, 0.3) is 11.1 Å². The van der Waals surface area contributed by atoms with Crippen LogP contribution in [-0.2, 0) is 16.1 Å². The van der Waals surface area contributed by atoms with Gasteiger partial charge in [0.1, 0.15) is 6.61 Å². The molecule has 9 nitrogen and oxygen atoms in total. The second-order valence-corrected chi connectivity index (χ2v) is 8.67. The lowest BCUT2D eigenvalue weighted by Crippen LogP contribution is -2.29. The van der Waals surface area contributed by atoms with Gasteiger partial charge in [0.15, 0.2) is 11.5 Å². The van der Waals surface area contributed by atoms with Crippen LogP contribution in [0, 0.1) is 0 Å². The van der Waals surface area contributed by atoms with Crippen LogP contribution in [0.5, 0.6) is 0 Å². The topological polar surface area (TPSA) is 131 Å². The summed E-state index contributed by atoms with van der Waals surface area (Å²) in [6.45, 7) is 0.664. The van der Waals surface area contributed by atoms with Gasteiger partial charge in [-0.05, 0) is 22.3 Å². The Morgan fingerprint density at radius 2 is 1.71 bits per heavy atom. The normalized spacial score (nSPS) is 12.0. The molecule has 0 saturated heterocycles. The summed E-state index contributed by atoms with van der Waals surface area (Å²) in [4.78, 5) is 34.8. The molecule has 1 aliphatic rings. The van der Waals surface area contributed by atoms with Gasteiger partial charge < -0.3 is 25.0 Å². The van der Waals surface area contributed by atoms with Crippen molar-refractivity contribution in [2.45, 2.75) is 12.5 Å². The second kappa shape index (κ2) is 10.9. The van der Waals surface area contributed by atoms with Crippen LogP contribution in [0.1, 0.15) is 33.3 Å². The first-order valence-corrected chi connectivity index (χ1v) is 11.8. The van der Waals surface area contributed by atoms with Crippen LogP contribution in [0.2, 0.25) is 0 Å². The Balaban J connectivity index is 1.13. The summed E-state index contributed by atoms with van der Waals surface area (Å²) in [5, 5.41) is 17.5. The van der Waals surface area contributed by atoms with Crippen molar-refractivity contribution < 1.29 is 28.8 Å². The van der Waals surface area contributed by atoms with E-state index in [9.17, 15) is 14.4 Å². The number of rotatable bonds is 10. The van der Waals surface area contributed by atoms with Crippen LogP contribution in [-0.4, -0.2) is 52.9 Å². The monoisotopic (exact) mass is 481 g/mol. The third-order valence-electron chi connectivity index (χ3n) is 5.33. The van der Waals surface area contributed by atoms with Gasteiger partial charge in [0.2, 0.25) is 5.91 Å². The number of nitrogens with zero attached hydrogens (tertiary/aromatic N) is 1. The van der Waals surface area contributed by atoms with Crippen molar-refractivity contribution in [2.24, 2.45) is 0 Å². The fourth-order valence-electron chi connectivity index (χ4n) is 3.77. The van der Waals surface area contributed by atoms with E-state index in [1.54, 1.807) is 0 Å². The van der Waals surface area contributed by atoms with Crippen LogP contribution in [0.15, 0.2) is 59.1 Å². The zero-order valence-corrected chi connectivity index (χ0v) is 19.0. The van der Waals surface area contributed by atoms with Gasteiger partial charge in [0.05, 0.1) is 12.3 Å². The summed E-state index contributed by atoms with van der Waals surface area (Å²) in [5.41, 5.74) is 4.45. The summed E-state index contributed by atoms with van der Waals surface area (Å²) in [6, 6.07) is 17.6. The molecular weight excluding hydrogens is 458 g/mol.